The molecule has 1 aliphatic rings. The Bertz CT molecular complexity index is 440. The fourth-order valence-corrected chi connectivity index (χ4v) is 1.58. The SMILES string of the molecule is O=C(CNCC1CC1)Nc1ccc([N+](=O)[O-])cc1. The summed E-state index contributed by atoms with van der Waals surface area (Å²) in [6.45, 7) is 1.15. The molecule has 1 aromatic carbocycles. The zero-order valence-electron chi connectivity index (χ0n) is 9.89. The summed E-state index contributed by atoms with van der Waals surface area (Å²) in [5.74, 6) is 0.599. The number of carbonyl (C=O) groups is 1. The molecule has 0 spiro atoms. The fourth-order valence-electron chi connectivity index (χ4n) is 1.58. The molecule has 1 aliphatic carbocycles. The van der Waals surface area contributed by atoms with Crippen molar-refractivity contribution in [1.82, 2.24) is 5.32 Å². The number of non-ortho nitro benzene ring substituents is 1. The number of nitrogens with zero attached hydrogens (tertiary/aromatic N) is 1. The summed E-state index contributed by atoms with van der Waals surface area (Å²) in [6.07, 6.45) is 2.49. The molecule has 2 rings (SSSR count). The molecule has 0 aromatic heterocycles. The van der Waals surface area contributed by atoms with Gasteiger partial charge in [-0.1, -0.05) is 0 Å². The number of rotatable bonds is 6. The van der Waals surface area contributed by atoms with Crippen LogP contribution in [0.15, 0.2) is 24.3 Å². The monoisotopic (exact) mass is 249 g/mol. The van der Waals surface area contributed by atoms with Crippen molar-refractivity contribution in [2.24, 2.45) is 5.92 Å². The number of nitro groups is 1. The van der Waals surface area contributed by atoms with Gasteiger partial charge >= 0.3 is 0 Å². The molecule has 1 amide bonds. The van der Waals surface area contributed by atoms with Crippen molar-refractivity contribution in [3.05, 3.63) is 34.4 Å². The first-order valence-electron chi connectivity index (χ1n) is 5.90. The average molecular weight is 249 g/mol. The number of benzene rings is 1. The van der Waals surface area contributed by atoms with Gasteiger partial charge in [-0.25, -0.2) is 0 Å². The van der Waals surface area contributed by atoms with Gasteiger partial charge in [0.15, 0.2) is 0 Å². The highest BCUT2D eigenvalue weighted by Crippen LogP contribution is 2.27. The molecule has 0 atom stereocenters. The van der Waals surface area contributed by atoms with Crippen LogP contribution in [0.3, 0.4) is 0 Å². The molecule has 0 aliphatic heterocycles. The number of nitrogens with one attached hydrogen (secondary N) is 2. The van der Waals surface area contributed by atoms with Crippen molar-refractivity contribution in [3.8, 4) is 0 Å². The van der Waals surface area contributed by atoms with Crippen molar-refractivity contribution in [3.63, 3.8) is 0 Å². The predicted molar refractivity (Wildman–Crippen MR) is 67.3 cm³/mol. The molecular formula is C12H15N3O3. The number of anilines is 1. The van der Waals surface area contributed by atoms with Crippen molar-refractivity contribution >= 4 is 17.3 Å². The summed E-state index contributed by atoms with van der Waals surface area (Å²) in [7, 11) is 0. The van der Waals surface area contributed by atoms with Crippen LogP contribution in [0.4, 0.5) is 11.4 Å². The van der Waals surface area contributed by atoms with Crippen LogP contribution in [-0.4, -0.2) is 23.9 Å². The maximum Gasteiger partial charge on any atom is 0.269 e. The smallest absolute Gasteiger partial charge is 0.269 e. The minimum absolute atomic E-state index is 0.0138. The molecule has 18 heavy (non-hydrogen) atoms. The fraction of sp³-hybridized carbons (Fsp3) is 0.417. The summed E-state index contributed by atoms with van der Waals surface area (Å²) in [4.78, 5) is 21.5. The topological polar surface area (TPSA) is 84.3 Å². The normalized spacial score (nSPS) is 14.2. The number of carbonyl (C=O) groups excluding carboxylic acids is 1. The van der Waals surface area contributed by atoms with Crippen LogP contribution < -0.4 is 10.6 Å². The van der Waals surface area contributed by atoms with Crippen LogP contribution >= 0.6 is 0 Å². The van der Waals surface area contributed by atoms with E-state index >= 15 is 0 Å². The van der Waals surface area contributed by atoms with E-state index in [2.05, 4.69) is 10.6 Å². The van der Waals surface area contributed by atoms with Crippen molar-refractivity contribution < 1.29 is 9.72 Å². The molecule has 6 heteroatoms. The molecule has 0 unspecified atom stereocenters. The van der Waals surface area contributed by atoms with Gasteiger partial charge < -0.3 is 10.6 Å². The summed E-state index contributed by atoms with van der Waals surface area (Å²) in [5.41, 5.74) is 0.582. The van der Waals surface area contributed by atoms with E-state index in [4.69, 9.17) is 0 Å². The standard InChI is InChI=1S/C12H15N3O3/c16-12(8-13-7-9-1-2-9)14-10-3-5-11(6-4-10)15(17)18/h3-6,9,13H,1-2,7-8H2,(H,14,16). The summed E-state index contributed by atoms with van der Waals surface area (Å²) < 4.78 is 0. The van der Waals surface area contributed by atoms with Crippen LogP contribution in [0.1, 0.15) is 12.8 Å². The number of hydrogen-bond acceptors (Lipinski definition) is 4. The Morgan fingerprint density at radius 1 is 1.33 bits per heavy atom. The van der Waals surface area contributed by atoms with Gasteiger partial charge in [0, 0.05) is 17.8 Å². The molecule has 6 nitrogen and oxygen atoms in total. The van der Waals surface area contributed by atoms with Gasteiger partial charge in [-0.3, -0.25) is 14.9 Å². The Morgan fingerprint density at radius 2 is 2.00 bits per heavy atom. The van der Waals surface area contributed by atoms with E-state index in [-0.39, 0.29) is 18.1 Å². The first kappa shape index (κ1) is 12.5. The predicted octanol–water partition coefficient (Wildman–Crippen LogP) is 1.53. The summed E-state index contributed by atoms with van der Waals surface area (Å²) in [6, 6.07) is 5.79. The third kappa shape index (κ3) is 3.81. The highest BCUT2D eigenvalue weighted by molar-refractivity contribution is 5.92. The number of amides is 1. The molecule has 96 valence electrons. The molecule has 0 heterocycles. The van der Waals surface area contributed by atoms with Gasteiger partial charge in [0.1, 0.15) is 0 Å². The minimum atomic E-state index is -0.469. The Morgan fingerprint density at radius 3 is 2.56 bits per heavy atom. The maximum absolute atomic E-state index is 11.5. The van der Waals surface area contributed by atoms with E-state index in [1.165, 1.54) is 37.1 Å². The Labute approximate surface area is 105 Å². The second-order valence-electron chi connectivity index (χ2n) is 4.43. The largest absolute Gasteiger partial charge is 0.325 e. The van der Waals surface area contributed by atoms with E-state index in [1.54, 1.807) is 0 Å². The molecule has 2 N–H and O–H groups in total. The molecule has 1 saturated carbocycles. The van der Waals surface area contributed by atoms with Crippen molar-refractivity contribution in [1.29, 1.82) is 0 Å². The molecule has 0 saturated heterocycles. The molecule has 0 bridgehead atoms. The van der Waals surface area contributed by atoms with E-state index in [0.717, 1.165) is 12.5 Å². The second-order valence-corrected chi connectivity index (χ2v) is 4.43. The Kier molecular flexibility index (Phi) is 3.88. The first-order chi connectivity index (χ1) is 8.65. The van der Waals surface area contributed by atoms with Crippen molar-refractivity contribution in [2.45, 2.75) is 12.8 Å². The summed E-state index contributed by atoms with van der Waals surface area (Å²) in [5, 5.41) is 16.2. The zero-order chi connectivity index (χ0) is 13.0. The van der Waals surface area contributed by atoms with E-state index in [1.807, 2.05) is 0 Å². The van der Waals surface area contributed by atoms with Crippen molar-refractivity contribution in [2.75, 3.05) is 18.4 Å². The molecule has 1 fully saturated rings. The van der Waals surface area contributed by atoms with Crippen LogP contribution in [-0.2, 0) is 4.79 Å². The number of hydrogen-bond donors (Lipinski definition) is 2. The summed E-state index contributed by atoms with van der Waals surface area (Å²) >= 11 is 0. The molecule has 0 radical (unpaired) electrons. The first-order valence-corrected chi connectivity index (χ1v) is 5.90. The molecular weight excluding hydrogens is 234 g/mol. The van der Waals surface area contributed by atoms with Crippen LogP contribution in [0.25, 0.3) is 0 Å². The number of nitro benzene ring substituents is 1. The minimum Gasteiger partial charge on any atom is -0.325 e. The maximum atomic E-state index is 11.5. The lowest BCUT2D eigenvalue weighted by Gasteiger charge is -2.05. The van der Waals surface area contributed by atoms with E-state index in [9.17, 15) is 14.9 Å². The second kappa shape index (κ2) is 5.59. The van der Waals surface area contributed by atoms with E-state index in [0.29, 0.717) is 5.69 Å². The van der Waals surface area contributed by atoms with Crippen LogP contribution in [0.2, 0.25) is 0 Å². The zero-order valence-corrected chi connectivity index (χ0v) is 9.89. The lowest BCUT2D eigenvalue weighted by Crippen LogP contribution is -2.29. The van der Waals surface area contributed by atoms with Crippen LogP contribution in [0.5, 0.6) is 0 Å². The third-order valence-corrected chi connectivity index (χ3v) is 2.78. The van der Waals surface area contributed by atoms with Gasteiger partial charge in [-0.2, -0.15) is 0 Å². The van der Waals surface area contributed by atoms with Gasteiger partial charge in [0.2, 0.25) is 5.91 Å². The van der Waals surface area contributed by atoms with Gasteiger partial charge in [0.05, 0.1) is 11.5 Å². The third-order valence-electron chi connectivity index (χ3n) is 2.78. The quantitative estimate of drug-likeness (QED) is 0.591. The van der Waals surface area contributed by atoms with Gasteiger partial charge in [-0.15, -0.1) is 0 Å². The Balaban J connectivity index is 1.76. The van der Waals surface area contributed by atoms with E-state index < -0.39 is 4.92 Å². The highest BCUT2D eigenvalue weighted by Gasteiger charge is 2.20. The average Bonchev–Trinajstić information content (AvgIpc) is 3.13. The lowest BCUT2D eigenvalue weighted by molar-refractivity contribution is -0.384. The van der Waals surface area contributed by atoms with Crippen LogP contribution in [0, 0.1) is 16.0 Å². The van der Waals surface area contributed by atoms with Gasteiger partial charge in [-0.05, 0) is 37.4 Å². The lowest BCUT2D eigenvalue weighted by atomic mass is 10.3. The molecule has 1 aromatic rings. The van der Waals surface area contributed by atoms with Gasteiger partial charge in [0.25, 0.3) is 5.69 Å². The Hall–Kier alpha value is -1.95. The highest BCUT2D eigenvalue weighted by atomic mass is 16.6.